The molecule has 0 N–H and O–H groups in total. The van der Waals surface area contributed by atoms with E-state index in [-0.39, 0.29) is 0 Å². The number of aldehydes is 1. The van der Waals surface area contributed by atoms with Crippen LogP contribution >= 0.6 is 0 Å². The van der Waals surface area contributed by atoms with Crippen LogP contribution in [-0.2, 0) is 4.79 Å². The highest BCUT2D eigenvalue weighted by Crippen LogP contribution is 2.33. The second-order valence-corrected chi connectivity index (χ2v) is 6.09. The quantitative estimate of drug-likeness (QED) is 0.336. The molecule has 3 aromatic carbocycles. The SMILES string of the molecule is COc1ccc(C(C=O)=C(c2ccc(OC)cc2)c2ccc(OC)cc2)cc1. The minimum absolute atomic E-state index is 0.595. The van der Waals surface area contributed by atoms with E-state index in [1.54, 1.807) is 21.3 Å². The Balaban J connectivity index is 2.21. The molecule has 0 saturated heterocycles. The van der Waals surface area contributed by atoms with Crippen molar-refractivity contribution in [2.75, 3.05) is 21.3 Å². The van der Waals surface area contributed by atoms with Crippen molar-refractivity contribution in [1.29, 1.82) is 0 Å². The first-order valence-electron chi connectivity index (χ1n) is 8.83. The van der Waals surface area contributed by atoms with Gasteiger partial charge in [0.15, 0.2) is 6.29 Å². The summed E-state index contributed by atoms with van der Waals surface area (Å²) in [7, 11) is 4.87. The van der Waals surface area contributed by atoms with Crippen LogP contribution in [0.2, 0.25) is 0 Å². The van der Waals surface area contributed by atoms with E-state index in [9.17, 15) is 4.79 Å². The van der Waals surface area contributed by atoms with Crippen molar-refractivity contribution in [2.45, 2.75) is 0 Å². The molecule has 0 bridgehead atoms. The van der Waals surface area contributed by atoms with Gasteiger partial charge in [-0.2, -0.15) is 0 Å². The van der Waals surface area contributed by atoms with Gasteiger partial charge in [-0.05, 0) is 53.1 Å². The molecule has 3 rings (SSSR count). The first kappa shape index (κ1) is 19.2. The number of carbonyl (C=O) groups excluding carboxylic acids is 1. The van der Waals surface area contributed by atoms with E-state index in [0.29, 0.717) is 5.57 Å². The van der Waals surface area contributed by atoms with Crippen LogP contribution in [0.15, 0.2) is 72.8 Å². The highest BCUT2D eigenvalue weighted by molar-refractivity contribution is 6.20. The predicted octanol–water partition coefficient (Wildman–Crippen LogP) is 4.87. The largest absolute Gasteiger partial charge is 0.497 e. The van der Waals surface area contributed by atoms with E-state index < -0.39 is 0 Å². The lowest BCUT2D eigenvalue weighted by atomic mass is 9.90. The van der Waals surface area contributed by atoms with Crippen LogP contribution < -0.4 is 14.2 Å². The number of methoxy groups -OCH3 is 3. The molecule has 0 aliphatic carbocycles. The van der Waals surface area contributed by atoms with Crippen LogP contribution in [0.25, 0.3) is 11.1 Å². The van der Waals surface area contributed by atoms with Gasteiger partial charge in [-0.3, -0.25) is 4.79 Å². The zero-order valence-corrected chi connectivity index (χ0v) is 16.1. The first-order valence-corrected chi connectivity index (χ1v) is 8.83. The lowest BCUT2D eigenvalue weighted by Crippen LogP contribution is -1.97. The zero-order valence-electron chi connectivity index (χ0n) is 16.1. The summed E-state index contributed by atoms with van der Waals surface area (Å²) in [6.07, 6.45) is 0.894. The molecule has 0 unspecified atom stereocenters. The van der Waals surface area contributed by atoms with Gasteiger partial charge in [0.25, 0.3) is 0 Å². The molecule has 0 saturated carbocycles. The molecule has 0 aromatic heterocycles. The molecule has 3 aromatic rings. The Hall–Kier alpha value is -3.53. The summed E-state index contributed by atoms with van der Waals surface area (Å²) < 4.78 is 15.8. The van der Waals surface area contributed by atoms with Gasteiger partial charge >= 0.3 is 0 Å². The van der Waals surface area contributed by atoms with E-state index in [0.717, 1.165) is 45.8 Å². The predicted molar refractivity (Wildman–Crippen MR) is 111 cm³/mol. The van der Waals surface area contributed by atoms with Crippen LogP contribution in [-0.4, -0.2) is 27.6 Å². The molecule has 0 amide bonds. The van der Waals surface area contributed by atoms with Gasteiger partial charge in [0, 0.05) is 11.1 Å². The smallest absolute Gasteiger partial charge is 0.151 e. The number of hydrogen-bond donors (Lipinski definition) is 0. The van der Waals surface area contributed by atoms with Crippen molar-refractivity contribution >= 4 is 17.4 Å². The second kappa shape index (κ2) is 8.91. The molecular formula is C24H22O4. The summed E-state index contributed by atoms with van der Waals surface area (Å²) in [6, 6.07) is 22.8. The molecule has 0 spiro atoms. The van der Waals surface area contributed by atoms with E-state index in [4.69, 9.17) is 14.2 Å². The first-order chi connectivity index (χ1) is 13.7. The maximum Gasteiger partial charge on any atom is 0.151 e. The van der Waals surface area contributed by atoms with Gasteiger partial charge in [-0.15, -0.1) is 0 Å². The fourth-order valence-corrected chi connectivity index (χ4v) is 3.03. The van der Waals surface area contributed by atoms with Gasteiger partial charge in [-0.1, -0.05) is 36.4 Å². The van der Waals surface area contributed by atoms with Crippen molar-refractivity contribution in [3.8, 4) is 17.2 Å². The summed E-state index contributed by atoms with van der Waals surface area (Å²) in [6.45, 7) is 0. The zero-order chi connectivity index (χ0) is 19.9. The van der Waals surface area contributed by atoms with E-state index in [1.165, 1.54) is 0 Å². The molecule has 0 aliphatic heterocycles. The van der Waals surface area contributed by atoms with Crippen LogP contribution in [0.4, 0.5) is 0 Å². The Bertz CT molecular complexity index is 903. The lowest BCUT2D eigenvalue weighted by molar-refractivity contribution is -0.103. The van der Waals surface area contributed by atoms with Gasteiger partial charge < -0.3 is 14.2 Å². The standard InChI is InChI=1S/C24H22O4/c1-26-20-10-4-17(5-11-20)23(16-25)24(18-6-12-21(27-2)13-7-18)19-8-14-22(28-3)15-9-19/h4-16H,1-3H3. The average Bonchev–Trinajstić information content (AvgIpc) is 2.78. The molecule has 4 nitrogen and oxygen atoms in total. The maximum atomic E-state index is 12.2. The third-order valence-electron chi connectivity index (χ3n) is 4.55. The topological polar surface area (TPSA) is 44.8 Å². The summed E-state index contributed by atoms with van der Waals surface area (Å²) in [4.78, 5) is 12.2. The maximum absolute atomic E-state index is 12.2. The van der Waals surface area contributed by atoms with Crippen molar-refractivity contribution in [2.24, 2.45) is 0 Å². The fraction of sp³-hybridized carbons (Fsp3) is 0.125. The third-order valence-corrected chi connectivity index (χ3v) is 4.55. The van der Waals surface area contributed by atoms with E-state index >= 15 is 0 Å². The molecule has 0 radical (unpaired) electrons. The normalized spacial score (nSPS) is 10.1. The summed E-state index contributed by atoms with van der Waals surface area (Å²) in [5.74, 6) is 2.26. The minimum atomic E-state index is 0.595. The highest BCUT2D eigenvalue weighted by Gasteiger charge is 2.14. The van der Waals surface area contributed by atoms with E-state index in [2.05, 4.69) is 0 Å². The van der Waals surface area contributed by atoms with Crippen LogP contribution in [0.1, 0.15) is 16.7 Å². The van der Waals surface area contributed by atoms with Gasteiger partial charge in [0.05, 0.1) is 21.3 Å². The molecule has 4 heteroatoms. The molecule has 142 valence electrons. The monoisotopic (exact) mass is 374 g/mol. The van der Waals surface area contributed by atoms with Crippen LogP contribution in [0.3, 0.4) is 0 Å². The third kappa shape index (κ3) is 4.07. The summed E-state index contributed by atoms with van der Waals surface area (Å²) in [5, 5.41) is 0. The number of allylic oxidation sites excluding steroid dienone is 1. The highest BCUT2D eigenvalue weighted by atomic mass is 16.5. The Kier molecular flexibility index (Phi) is 6.12. The van der Waals surface area contributed by atoms with Crippen molar-refractivity contribution in [3.05, 3.63) is 89.5 Å². The van der Waals surface area contributed by atoms with Crippen molar-refractivity contribution in [3.63, 3.8) is 0 Å². The van der Waals surface area contributed by atoms with Crippen molar-refractivity contribution < 1.29 is 19.0 Å². The van der Waals surface area contributed by atoms with Gasteiger partial charge in [-0.25, -0.2) is 0 Å². The molecule has 28 heavy (non-hydrogen) atoms. The number of rotatable bonds is 7. The van der Waals surface area contributed by atoms with Gasteiger partial charge in [0.1, 0.15) is 17.2 Å². The summed E-state index contributed by atoms with van der Waals surface area (Å²) >= 11 is 0. The lowest BCUT2D eigenvalue weighted by Gasteiger charge is -2.14. The molecule has 0 aliphatic rings. The minimum Gasteiger partial charge on any atom is -0.497 e. The molecule has 0 atom stereocenters. The Morgan fingerprint density at radius 3 is 1.18 bits per heavy atom. The summed E-state index contributed by atoms with van der Waals surface area (Å²) in [5.41, 5.74) is 4.09. The van der Waals surface area contributed by atoms with Gasteiger partial charge in [0.2, 0.25) is 0 Å². The van der Waals surface area contributed by atoms with Crippen molar-refractivity contribution in [1.82, 2.24) is 0 Å². The molecule has 0 heterocycles. The number of hydrogen-bond acceptors (Lipinski definition) is 4. The Morgan fingerprint density at radius 1 is 0.571 bits per heavy atom. The average molecular weight is 374 g/mol. The number of benzene rings is 3. The van der Waals surface area contributed by atoms with Crippen LogP contribution in [0.5, 0.6) is 17.2 Å². The fourth-order valence-electron chi connectivity index (χ4n) is 3.03. The molecule has 0 fully saturated rings. The number of carbonyl (C=O) groups is 1. The van der Waals surface area contributed by atoms with E-state index in [1.807, 2.05) is 72.8 Å². The van der Waals surface area contributed by atoms with Crippen LogP contribution in [0, 0.1) is 0 Å². The molecular weight excluding hydrogens is 352 g/mol. The Morgan fingerprint density at radius 2 is 0.893 bits per heavy atom. The Labute approximate surface area is 165 Å². The second-order valence-electron chi connectivity index (χ2n) is 6.09. The number of ether oxygens (including phenoxy) is 3.